The van der Waals surface area contributed by atoms with Crippen LogP contribution in [-0.2, 0) is 4.79 Å². The Hall–Kier alpha value is -4.14. The molecule has 0 saturated heterocycles. The lowest BCUT2D eigenvalue weighted by molar-refractivity contribution is -0.110. The molecule has 4 N–H and O–H groups in total. The number of carbonyl (C=O) groups excluding carboxylic acids is 2. The van der Waals surface area contributed by atoms with Gasteiger partial charge in [0.15, 0.2) is 11.6 Å². The fourth-order valence-corrected chi connectivity index (χ4v) is 4.03. The van der Waals surface area contributed by atoms with E-state index in [-0.39, 0.29) is 53.8 Å². The van der Waals surface area contributed by atoms with Crippen molar-refractivity contribution in [1.82, 2.24) is 15.2 Å². The predicted molar refractivity (Wildman–Crippen MR) is 155 cm³/mol. The Kier molecular flexibility index (Phi) is 10.7. The van der Waals surface area contributed by atoms with Gasteiger partial charge in [0, 0.05) is 37.2 Å². The summed E-state index contributed by atoms with van der Waals surface area (Å²) < 4.78 is 38.6. The van der Waals surface area contributed by atoms with Gasteiger partial charge < -0.3 is 26.0 Å². The van der Waals surface area contributed by atoms with Gasteiger partial charge in [-0.25, -0.2) is 15.0 Å². The molecule has 1 aromatic carbocycles. The van der Waals surface area contributed by atoms with Gasteiger partial charge in [0.05, 0.1) is 24.1 Å². The van der Waals surface area contributed by atoms with Gasteiger partial charge in [-0.15, -0.1) is 0 Å². The van der Waals surface area contributed by atoms with Crippen molar-refractivity contribution in [2.45, 2.75) is 19.5 Å². The SMILES string of the molecule is [B]c1cc(C)c(NC(=O)C(CC(=N)CN2C=NC(C(F)(F)F)=CC2)=Nc2ncccc2O)c(C(=O)NCCSC)c1. The molecule has 1 aliphatic heterocycles. The maximum Gasteiger partial charge on any atom is 0.433 e. The summed E-state index contributed by atoms with van der Waals surface area (Å²) in [4.78, 5) is 39.3. The van der Waals surface area contributed by atoms with Gasteiger partial charge >= 0.3 is 6.18 Å². The summed E-state index contributed by atoms with van der Waals surface area (Å²) in [5, 5.41) is 24.0. The number of amides is 2. The van der Waals surface area contributed by atoms with Gasteiger partial charge in [-0.05, 0) is 37.0 Å². The maximum absolute atomic E-state index is 13.5. The topological polar surface area (TPSA) is 143 Å². The molecule has 1 aliphatic rings. The van der Waals surface area contributed by atoms with E-state index in [1.807, 2.05) is 6.26 Å². The van der Waals surface area contributed by atoms with E-state index in [1.165, 1.54) is 29.3 Å². The van der Waals surface area contributed by atoms with Crippen molar-refractivity contribution < 1.29 is 27.9 Å². The first kappa shape index (κ1) is 31.4. The lowest BCUT2D eigenvalue weighted by atomic mass is 9.90. The van der Waals surface area contributed by atoms with Crippen LogP contribution in [0.3, 0.4) is 0 Å². The van der Waals surface area contributed by atoms with E-state index in [4.69, 9.17) is 13.3 Å². The first-order chi connectivity index (χ1) is 19.4. The van der Waals surface area contributed by atoms with Crippen LogP contribution in [0.1, 0.15) is 22.3 Å². The zero-order valence-electron chi connectivity index (χ0n) is 22.2. The summed E-state index contributed by atoms with van der Waals surface area (Å²) >= 11 is 1.55. The van der Waals surface area contributed by atoms with Gasteiger partial charge in [-0.1, -0.05) is 17.6 Å². The molecule has 0 aliphatic carbocycles. The summed E-state index contributed by atoms with van der Waals surface area (Å²) in [6.45, 7) is 1.77. The van der Waals surface area contributed by atoms with Crippen molar-refractivity contribution in [2.24, 2.45) is 9.98 Å². The number of anilines is 1. The summed E-state index contributed by atoms with van der Waals surface area (Å²) in [6, 6.07) is 5.80. The van der Waals surface area contributed by atoms with Crippen LogP contribution in [0.2, 0.25) is 0 Å². The Bertz CT molecular complexity index is 1410. The second-order valence-electron chi connectivity index (χ2n) is 8.91. The Morgan fingerprint density at radius 1 is 1.32 bits per heavy atom. The van der Waals surface area contributed by atoms with Crippen molar-refractivity contribution in [3.05, 3.63) is 53.4 Å². The number of alkyl halides is 3. The van der Waals surface area contributed by atoms with E-state index >= 15 is 0 Å². The number of hydrogen-bond donors (Lipinski definition) is 4. The number of rotatable bonds is 11. The number of aliphatic imine (C=N–C) groups is 2. The summed E-state index contributed by atoms with van der Waals surface area (Å²) in [7, 11) is 5.95. The Labute approximate surface area is 240 Å². The van der Waals surface area contributed by atoms with E-state index in [9.17, 15) is 27.9 Å². The molecule has 0 fully saturated rings. The molecule has 0 atom stereocenters. The molecule has 0 unspecified atom stereocenters. The zero-order chi connectivity index (χ0) is 30.2. The predicted octanol–water partition coefficient (Wildman–Crippen LogP) is 2.89. The number of thioether (sulfide) groups is 1. The summed E-state index contributed by atoms with van der Waals surface area (Å²) in [5.74, 6) is -1.04. The molecule has 3 rings (SSSR count). The molecule has 2 radical (unpaired) electrons. The van der Waals surface area contributed by atoms with Gasteiger partial charge in [0.1, 0.15) is 19.3 Å². The lowest BCUT2D eigenvalue weighted by Crippen LogP contribution is -2.35. The van der Waals surface area contributed by atoms with Gasteiger partial charge in [-0.2, -0.15) is 24.9 Å². The molecule has 10 nitrogen and oxygen atoms in total. The molecule has 0 saturated carbocycles. The third-order valence-corrected chi connectivity index (χ3v) is 6.26. The largest absolute Gasteiger partial charge is 0.504 e. The normalized spacial score (nSPS) is 13.5. The average molecular weight is 585 g/mol. The molecular formula is C26H27BF3N7O3S. The highest BCUT2D eigenvalue weighted by Gasteiger charge is 2.34. The van der Waals surface area contributed by atoms with E-state index in [1.54, 1.807) is 24.8 Å². The van der Waals surface area contributed by atoms with Crippen molar-refractivity contribution in [3.63, 3.8) is 0 Å². The molecule has 1 aromatic heterocycles. The van der Waals surface area contributed by atoms with Crippen LogP contribution < -0.4 is 16.1 Å². The monoisotopic (exact) mass is 585 g/mol. The minimum Gasteiger partial charge on any atom is -0.504 e. The lowest BCUT2D eigenvalue weighted by Gasteiger charge is -2.23. The quantitative estimate of drug-likeness (QED) is 0.182. The standard InChI is InChI=1S/C26H27BF3N7O3S/c1-15-10-16(27)11-18(24(39)33-7-9-41-2)22(15)36-25(40)19(35-23-20(38)4-3-6-32-23)12-17(31)13-37-8-5-21(34-14-37)26(28,29)30/h3-6,10-11,14,31,38H,7-9,12-13H2,1-2H3,(H,33,39)(H,36,40). The second kappa shape index (κ2) is 14.0. The Morgan fingerprint density at radius 2 is 2.07 bits per heavy atom. The highest BCUT2D eigenvalue weighted by atomic mass is 32.2. The number of benzene rings is 1. The molecule has 2 amide bonds. The van der Waals surface area contributed by atoms with Gasteiger partial charge in [0.2, 0.25) is 0 Å². The number of nitrogens with one attached hydrogen (secondary N) is 3. The molecule has 214 valence electrons. The van der Waals surface area contributed by atoms with E-state index in [2.05, 4.69) is 25.6 Å². The first-order valence-electron chi connectivity index (χ1n) is 12.2. The second-order valence-corrected chi connectivity index (χ2v) is 9.89. The third kappa shape index (κ3) is 8.93. The molecule has 2 heterocycles. The number of aryl methyl sites for hydroxylation is 1. The van der Waals surface area contributed by atoms with Crippen LogP contribution in [0.5, 0.6) is 5.75 Å². The van der Waals surface area contributed by atoms with Crippen LogP contribution in [-0.4, -0.2) is 90.2 Å². The fraction of sp³-hybridized carbons (Fsp3) is 0.308. The molecule has 0 bridgehead atoms. The number of allylic oxidation sites excluding steroid dienone is 1. The third-order valence-electron chi connectivity index (χ3n) is 5.65. The van der Waals surface area contributed by atoms with Gasteiger partial charge in [-0.3, -0.25) is 9.59 Å². The molecular weight excluding hydrogens is 558 g/mol. The average Bonchev–Trinajstić information content (AvgIpc) is 2.90. The Morgan fingerprint density at radius 3 is 2.71 bits per heavy atom. The van der Waals surface area contributed by atoms with Crippen LogP contribution in [0.25, 0.3) is 0 Å². The molecule has 15 heteroatoms. The van der Waals surface area contributed by atoms with Crippen molar-refractivity contribution in [2.75, 3.05) is 37.0 Å². The van der Waals surface area contributed by atoms with Crippen LogP contribution in [0, 0.1) is 12.3 Å². The highest BCUT2D eigenvalue weighted by molar-refractivity contribution is 7.98. The maximum atomic E-state index is 13.5. The van der Waals surface area contributed by atoms with Crippen molar-refractivity contribution in [1.29, 1.82) is 5.41 Å². The van der Waals surface area contributed by atoms with Crippen molar-refractivity contribution >= 4 is 66.2 Å². The number of carbonyl (C=O) groups is 2. The van der Waals surface area contributed by atoms with Crippen LogP contribution in [0.15, 0.2) is 52.2 Å². The smallest absolute Gasteiger partial charge is 0.433 e. The molecule has 0 spiro atoms. The van der Waals surface area contributed by atoms with Crippen LogP contribution in [0.4, 0.5) is 24.7 Å². The first-order valence-corrected chi connectivity index (χ1v) is 13.6. The van der Waals surface area contributed by atoms with Crippen molar-refractivity contribution in [3.8, 4) is 5.75 Å². The number of aromatic nitrogens is 1. The van der Waals surface area contributed by atoms with E-state index in [0.717, 1.165) is 12.4 Å². The number of nitrogens with zero attached hydrogens (tertiary/aromatic N) is 4. The van der Waals surface area contributed by atoms with E-state index in [0.29, 0.717) is 23.3 Å². The minimum absolute atomic E-state index is 0.0753. The summed E-state index contributed by atoms with van der Waals surface area (Å²) in [6.07, 6.45) is 0.216. The number of pyridine rings is 1. The fourth-order valence-electron chi connectivity index (χ4n) is 3.73. The van der Waals surface area contributed by atoms with Gasteiger partial charge in [0.25, 0.3) is 11.8 Å². The zero-order valence-corrected chi connectivity index (χ0v) is 23.1. The highest BCUT2D eigenvalue weighted by Crippen LogP contribution is 2.28. The number of hydrogen-bond acceptors (Lipinski definition) is 9. The van der Waals surface area contributed by atoms with E-state index < -0.39 is 23.7 Å². The molecule has 2 aromatic rings. The Balaban J connectivity index is 1.86. The number of halogens is 3. The minimum atomic E-state index is -4.58. The summed E-state index contributed by atoms with van der Waals surface area (Å²) in [5.41, 5.74) is -0.203. The number of aromatic hydroxyl groups is 1. The van der Waals surface area contributed by atoms with Crippen LogP contribution >= 0.6 is 11.8 Å². The molecule has 41 heavy (non-hydrogen) atoms.